The Bertz CT molecular complexity index is 380. The summed E-state index contributed by atoms with van der Waals surface area (Å²) in [7, 11) is 5.67. The highest BCUT2D eigenvalue weighted by atomic mass is 14.8. The van der Waals surface area contributed by atoms with Crippen molar-refractivity contribution in [2.24, 2.45) is 0 Å². The molecule has 0 spiro atoms. The highest BCUT2D eigenvalue weighted by Crippen LogP contribution is 1.85. The van der Waals surface area contributed by atoms with Crippen molar-refractivity contribution in [3.63, 3.8) is 0 Å². The van der Waals surface area contributed by atoms with Gasteiger partial charge in [0.15, 0.2) is 0 Å². The van der Waals surface area contributed by atoms with E-state index in [4.69, 9.17) is 0 Å². The van der Waals surface area contributed by atoms with Gasteiger partial charge in [0.1, 0.15) is 0 Å². The molecular formula is C13H22N2. The van der Waals surface area contributed by atoms with Crippen LogP contribution in [0, 0.1) is 6.92 Å². The van der Waals surface area contributed by atoms with Crippen molar-refractivity contribution in [2.75, 3.05) is 21.1 Å². The average Bonchev–Trinajstić information content (AvgIpc) is 2.22. The molecule has 0 aliphatic rings. The maximum Gasteiger partial charge on any atom is 0.00411 e. The molecule has 2 heteroatoms. The molecule has 2 N–H and O–H groups in total. The summed E-state index contributed by atoms with van der Waals surface area (Å²) in [6.07, 6.45) is 4.13. The zero-order valence-corrected chi connectivity index (χ0v) is 10.4. The fourth-order valence-electron chi connectivity index (χ4n) is 1.23. The Labute approximate surface area is 92.7 Å². The standard InChI is InChI=1S/C11H15N.C2H7N/c1-4-10-7-9(2)5-6-11(10)8-12-3;1-3-2/h4-8,12H,1-3H3;3H,1-2H3/b10-4-,11-8-;. The lowest BCUT2D eigenvalue weighted by atomic mass is 10.2. The Kier molecular flexibility index (Phi) is 7.38. The highest BCUT2D eigenvalue weighted by Gasteiger charge is 1.84. The molecule has 2 nitrogen and oxygen atoms in total. The van der Waals surface area contributed by atoms with Crippen LogP contribution in [-0.2, 0) is 0 Å². The third-order valence-corrected chi connectivity index (χ3v) is 1.85. The summed E-state index contributed by atoms with van der Waals surface area (Å²) in [5.74, 6) is 0. The minimum Gasteiger partial charge on any atom is -0.393 e. The number of hydrogen-bond acceptors (Lipinski definition) is 2. The van der Waals surface area contributed by atoms with Crippen molar-refractivity contribution in [3.05, 3.63) is 34.2 Å². The number of nitrogens with one attached hydrogen (secondary N) is 2. The van der Waals surface area contributed by atoms with E-state index in [1.165, 1.54) is 16.0 Å². The summed E-state index contributed by atoms with van der Waals surface area (Å²) in [4.78, 5) is 0. The van der Waals surface area contributed by atoms with Crippen LogP contribution in [0.25, 0.3) is 12.3 Å². The van der Waals surface area contributed by atoms with Crippen molar-refractivity contribution in [1.82, 2.24) is 10.6 Å². The normalized spacial score (nSPS) is 12.1. The molecule has 15 heavy (non-hydrogen) atoms. The molecule has 1 aromatic carbocycles. The van der Waals surface area contributed by atoms with Gasteiger partial charge in [0.2, 0.25) is 0 Å². The van der Waals surface area contributed by atoms with Crippen LogP contribution in [-0.4, -0.2) is 21.1 Å². The predicted octanol–water partition coefficient (Wildman–Crippen LogP) is 0.588. The Morgan fingerprint density at radius 2 is 1.67 bits per heavy atom. The highest BCUT2D eigenvalue weighted by molar-refractivity contribution is 5.31. The molecule has 1 rings (SSSR count). The van der Waals surface area contributed by atoms with Crippen molar-refractivity contribution in [1.29, 1.82) is 0 Å². The van der Waals surface area contributed by atoms with Gasteiger partial charge < -0.3 is 10.6 Å². The Hall–Kier alpha value is -1.28. The first-order valence-corrected chi connectivity index (χ1v) is 5.18. The van der Waals surface area contributed by atoms with E-state index in [1.54, 1.807) is 0 Å². The second-order valence-electron chi connectivity index (χ2n) is 3.35. The van der Waals surface area contributed by atoms with Gasteiger partial charge >= 0.3 is 0 Å². The minimum atomic E-state index is 1.24. The van der Waals surface area contributed by atoms with Crippen LogP contribution >= 0.6 is 0 Å². The Morgan fingerprint density at radius 3 is 2.13 bits per heavy atom. The van der Waals surface area contributed by atoms with Gasteiger partial charge in [-0.3, -0.25) is 0 Å². The fraction of sp³-hybridized carbons (Fsp3) is 0.385. The number of aryl methyl sites for hydroxylation is 1. The lowest BCUT2D eigenvalue weighted by Crippen LogP contribution is -2.26. The van der Waals surface area contributed by atoms with Crippen molar-refractivity contribution >= 4 is 12.3 Å². The Morgan fingerprint density at radius 1 is 1.07 bits per heavy atom. The fourth-order valence-corrected chi connectivity index (χ4v) is 1.23. The quantitative estimate of drug-likeness (QED) is 0.703. The second kappa shape index (κ2) is 8.06. The van der Waals surface area contributed by atoms with Crippen molar-refractivity contribution in [2.45, 2.75) is 13.8 Å². The van der Waals surface area contributed by atoms with E-state index < -0.39 is 0 Å². The zero-order valence-electron chi connectivity index (χ0n) is 10.4. The summed E-state index contributed by atoms with van der Waals surface area (Å²) < 4.78 is 0. The molecule has 0 radical (unpaired) electrons. The van der Waals surface area contributed by atoms with Crippen molar-refractivity contribution < 1.29 is 0 Å². The predicted molar refractivity (Wildman–Crippen MR) is 69.1 cm³/mol. The van der Waals surface area contributed by atoms with E-state index in [2.05, 4.69) is 48.8 Å². The van der Waals surface area contributed by atoms with E-state index in [0.717, 1.165) is 0 Å². The first kappa shape index (κ1) is 13.7. The lowest BCUT2D eigenvalue weighted by Gasteiger charge is -1.93. The topological polar surface area (TPSA) is 24.1 Å². The first-order chi connectivity index (χ1) is 7.19. The van der Waals surface area contributed by atoms with E-state index in [0.29, 0.717) is 0 Å². The third kappa shape index (κ3) is 5.23. The number of hydrogen-bond donors (Lipinski definition) is 2. The molecule has 0 unspecified atom stereocenters. The lowest BCUT2D eigenvalue weighted by molar-refractivity contribution is 1.02. The number of benzene rings is 1. The van der Waals surface area contributed by atoms with Crippen LogP contribution in [0.1, 0.15) is 12.5 Å². The molecule has 84 valence electrons. The van der Waals surface area contributed by atoms with Gasteiger partial charge in [-0.2, -0.15) is 0 Å². The molecule has 0 aliphatic heterocycles. The van der Waals surface area contributed by atoms with Gasteiger partial charge in [-0.1, -0.05) is 29.8 Å². The molecule has 0 aliphatic carbocycles. The smallest absolute Gasteiger partial charge is 0.00411 e. The molecular weight excluding hydrogens is 184 g/mol. The third-order valence-electron chi connectivity index (χ3n) is 1.85. The second-order valence-corrected chi connectivity index (χ2v) is 3.35. The molecule has 0 heterocycles. The molecule has 0 atom stereocenters. The summed E-state index contributed by atoms with van der Waals surface area (Å²) in [5.41, 5.74) is 1.30. The summed E-state index contributed by atoms with van der Waals surface area (Å²) in [6, 6.07) is 6.43. The summed E-state index contributed by atoms with van der Waals surface area (Å²) >= 11 is 0. The van der Waals surface area contributed by atoms with Crippen LogP contribution < -0.4 is 21.1 Å². The van der Waals surface area contributed by atoms with E-state index in [9.17, 15) is 0 Å². The maximum atomic E-state index is 3.03. The van der Waals surface area contributed by atoms with Gasteiger partial charge in [-0.15, -0.1) is 0 Å². The average molecular weight is 206 g/mol. The molecule has 1 aromatic rings. The SMILES string of the molecule is C/C=c1/cc(C)cc/c1=C/NC.CNC. The minimum absolute atomic E-state index is 1.24. The summed E-state index contributed by atoms with van der Waals surface area (Å²) in [5, 5.41) is 8.31. The van der Waals surface area contributed by atoms with Crippen LogP contribution in [0.15, 0.2) is 18.2 Å². The van der Waals surface area contributed by atoms with Gasteiger partial charge in [-0.05, 0) is 38.4 Å². The van der Waals surface area contributed by atoms with E-state index >= 15 is 0 Å². The molecule has 0 saturated carbocycles. The van der Waals surface area contributed by atoms with E-state index in [-0.39, 0.29) is 0 Å². The van der Waals surface area contributed by atoms with Crippen molar-refractivity contribution in [3.8, 4) is 0 Å². The maximum absolute atomic E-state index is 3.03. The van der Waals surface area contributed by atoms with E-state index in [1.807, 2.05) is 27.3 Å². The molecule has 0 amide bonds. The molecule has 0 saturated heterocycles. The zero-order chi connectivity index (χ0) is 11.7. The van der Waals surface area contributed by atoms with Gasteiger partial charge in [0.05, 0.1) is 0 Å². The Balaban J connectivity index is 0.000000583. The largest absolute Gasteiger partial charge is 0.393 e. The van der Waals surface area contributed by atoms with Gasteiger partial charge in [0.25, 0.3) is 0 Å². The monoisotopic (exact) mass is 206 g/mol. The van der Waals surface area contributed by atoms with Crippen LogP contribution in [0.3, 0.4) is 0 Å². The van der Waals surface area contributed by atoms with Crippen LogP contribution in [0.4, 0.5) is 0 Å². The number of rotatable bonds is 1. The molecule has 0 bridgehead atoms. The van der Waals surface area contributed by atoms with Crippen LogP contribution in [0.2, 0.25) is 0 Å². The van der Waals surface area contributed by atoms with Crippen LogP contribution in [0.5, 0.6) is 0 Å². The van der Waals surface area contributed by atoms with Gasteiger partial charge in [-0.25, -0.2) is 0 Å². The van der Waals surface area contributed by atoms with Gasteiger partial charge in [0, 0.05) is 13.2 Å². The first-order valence-electron chi connectivity index (χ1n) is 5.18. The molecule has 0 aromatic heterocycles. The molecule has 0 fully saturated rings. The summed E-state index contributed by atoms with van der Waals surface area (Å²) in [6.45, 7) is 4.16.